The smallest absolute Gasteiger partial charge is 0.145 e. The summed E-state index contributed by atoms with van der Waals surface area (Å²) < 4.78 is 1.65. The largest absolute Gasteiger partial charge is 0.302 e. The fraction of sp³-hybridized carbons (Fsp3) is 0.125. The summed E-state index contributed by atoms with van der Waals surface area (Å²) in [5.74, 6) is 0.696. The molecule has 0 N–H and O–H groups in total. The van der Waals surface area contributed by atoms with Crippen LogP contribution in [0, 0.1) is 11.3 Å². The minimum Gasteiger partial charge on any atom is -0.302 e. The summed E-state index contributed by atoms with van der Waals surface area (Å²) >= 11 is 5.82. The molecule has 4 nitrogen and oxygen atoms in total. The van der Waals surface area contributed by atoms with Gasteiger partial charge < -0.3 is 4.57 Å². The summed E-state index contributed by atoms with van der Waals surface area (Å²) in [6.45, 7) is 0.234. The average molecular weight is 193 g/mol. The molecule has 0 fully saturated rings. The van der Waals surface area contributed by atoms with Gasteiger partial charge in [-0.25, -0.2) is 9.97 Å². The molecule has 0 aromatic heterocycles. The van der Waals surface area contributed by atoms with Crippen LogP contribution in [0.4, 0.5) is 0 Å². The molecule has 0 saturated heterocycles. The van der Waals surface area contributed by atoms with Crippen molar-refractivity contribution in [2.45, 2.75) is 6.54 Å². The standard InChI is InChI=1S/C8H5ClN4/c9-7-6-1-3-11-8(6)13(4-2-10)5-12-7/h1,3,5H,4H2. The van der Waals surface area contributed by atoms with Crippen LogP contribution >= 0.6 is 11.6 Å². The lowest BCUT2D eigenvalue weighted by atomic mass is 10.3. The maximum absolute atomic E-state index is 8.53. The predicted octanol–water partition coefficient (Wildman–Crippen LogP) is 1.56. The normalized spacial score (nSPS) is 10.2. The van der Waals surface area contributed by atoms with E-state index < -0.39 is 0 Å². The van der Waals surface area contributed by atoms with E-state index in [2.05, 4.69) is 9.97 Å². The third-order valence-corrected chi connectivity index (χ3v) is 2.03. The van der Waals surface area contributed by atoms with Crippen LogP contribution in [0.25, 0.3) is 11.4 Å². The van der Waals surface area contributed by atoms with E-state index in [0.29, 0.717) is 11.0 Å². The SMILES string of the molecule is N#CCn1cnc(Cl)c2ccnc1-2. The first-order valence-corrected chi connectivity index (χ1v) is 4.03. The zero-order valence-electron chi connectivity index (χ0n) is 6.61. The molecular formula is C8H5ClN4. The first-order valence-electron chi connectivity index (χ1n) is 3.65. The Morgan fingerprint density at radius 3 is 3.15 bits per heavy atom. The second-order valence-electron chi connectivity index (χ2n) is 2.50. The highest BCUT2D eigenvalue weighted by molar-refractivity contribution is 6.31. The molecule has 0 amide bonds. The van der Waals surface area contributed by atoms with Gasteiger partial charge in [0.15, 0.2) is 0 Å². The van der Waals surface area contributed by atoms with Crippen LogP contribution in [0.5, 0.6) is 0 Å². The van der Waals surface area contributed by atoms with Crippen LogP contribution in [0.3, 0.4) is 0 Å². The summed E-state index contributed by atoms with van der Waals surface area (Å²) in [7, 11) is 0. The van der Waals surface area contributed by atoms with E-state index in [1.807, 2.05) is 6.07 Å². The van der Waals surface area contributed by atoms with Gasteiger partial charge in [0, 0.05) is 6.20 Å². The molecule has 5 heteroatoms. The van der Waals surface area contributed by atoms with Crippen molar-refractivity contribution >= 4 is 11.6 Å². The first-order chi connectivity index (χ1) is 6.33. The van der Waals surface area contributed by atoms with E-state index in [0.717, 1.165) is 5.56 Å². The van der Waals surface area contributed by atoms with Crippen molar-refractivity contribution in [3.8, 4) is 17.5 Å². The quantitative estimate of drug-likeness (QED) is 0.645. The van der Waals surface area contributed by atoms with Crippen LogP contribution in [-0.4, -0.2) is 14.5 Å². The molecule has 0 aliphatic carbocycles. The molecule has 0 radical (unpaired) electrons. The summed E-state index contributed by atoms with van der Waals surface area (Å²) in [6, 6.07) is 3.80. The summed E-state index contributed by atoms with van der Waals surface area (Å²) in [5, 5.41) is 8.94. The molecule has 2 aliphatic heterocycles. The minimum absolute atomic E-state index is 0.234. The molecular weight excluding hydrogens is 188 g/mol. The molecule has 2 aliphatic rings. The third-order valence-electron chi connectivity index (χ3n) is 1.72. The Bertz CT molecular complexity index is 442. The summed E-state index contributed by atoms with van der Waals surface area (Å²) in [5.41, 5.74) is 0.777. The van der Waals surface area contributed by atoms with Crippen molar-refractivity contribution in [3.05, 3.63) is 23.7 Å². The van der Waals surface area contributed by atoms with Crippen LogP contribution in [0.1, 0.15) is 0 Å². The predicted molar refractivity (Wildman–Crippen MR) is 47.3 cm³/mol. The van der Waals surface area contributed by atoms with Gasteiger partial charge in [-0.05, 0) is 6.07 Å². The first kappa shape index (κ1) is 8.02. The van der Waals surface area contributed by atoms with Crippen molar-refractivity contribution in [2.24, 2.45) is 0 Å². The average Bonchev–Trinajstić information content (AvgIpc) is 2.59. The minimum atomic E-state index is 0.234. The van der Waals surface area contributed by atoms with E-state index in [1.165, 1.54) is 6.33 Å². The van der Waals surface area contributed by atoms with Gasteiger partial charge in [0.05, 0.1) is 18.0 Å². The van der Waals surface area contributed by atoms with Gasteiger partial charge in [-0.3, -0.25) is 0 Å². The van der Waals surface area contributed by atoms with Gasteiger partial charge in [0.1, 0.15) is 17.5 Å². The topological polar surface area (TPSA) is 54.5 Å². The van der Waals surface area contributed by atoms with Crippen molar-refractivity contribution in [2.75, 3.05) is 0 Å². The molecule has 0 saturated carbocycles. The van der Waals surface area contributed by atoms with Gasteiger partial charge in [-0.1, -0.05) is 11.6 Å². The Balaban J connectivity index is 2.62. The van der Waals surface area contributed by atoms with E-state index >= 15 is 0 Å². The van der Waals surface area contributed by atoms with Crippen LogP contribution in [0.15, 0.2) is 18.6 Å². The van der Waals surface area contributed by atoms with Gasteiger partial charge in [-0.2, -0.15) is 5.26 Å². The number of hydrogen-bond acceptors (Lipinski definition) is 3. The lowest BCUT2D eigenvalue weighted by Gasteiger charge is -2.06. The van der Waals surface area contributed by atoms with Gasteiger partial charge in [-0.15, -0.1) is 0 Å². The van der Waals surface area contributed by atoms with Crippen LogP contribution in [-0.2, 0) is 6.54 Å². The Kier molecular flexibility index (Phi) is 1.87. The second kappa shape index (κ2) is 3.04. The van der Waals surface area contributed by atoms with E-state index in [4.69, 9.17) is 16.9 Å². The molecule has 0 aromatic carbocycles. The number of rotatable bonds is 1. The highest BCUT2D eigenvalue weighted by Crippen LogP contribution is 2.25. The summed E-state index contributed by atoms with van der Waals surface area (Å²) in [6.07, 6.45) is 3.16. The Labute approximate surface area is 79.8 Å². The lowest BCUT2D eigenvalue weighted by Crippen LogP contribution is -2.03. The number of nitriles is 1. The molecule has 0 unspecified atom stereocenters. The zero-order valence-corrected chi connectivity index (χ0v) is 7.36. The molecule has 0 aromatic rings. The summed E-state index contributed by atoms with van der Waals surface area (Å²) in [4.78, 5) is 8.02. The van der Waals surface area contributed by atoms with Gasteiger partial charge in [0.25, 0.3) is 0 Å². The highest BCUT2D eigenvalue weighted by Gasteiger charge is 2.12. The highest BCUT2D eigenvalue weighted by atomic mass is 35.5. The second-order valence-corrected chi connectivity index (χ2v) is 2.86. The van der Waals surface area contributed by atoms with Crippen molar-refractivity contribution in [1.29, 1.82) is 5.26 Å². The molecule has 13 heavy (non-hydrogen) atoms. The third kappa shape index (κ3) is 1.23. The lowest BCUT2D eigenvalue weighted by molar-refractivity contribution is 0.788. The Morgan fingerprint density at radius 1 is 1.54 bits per heavy atom. The molecule has 0 atom stereocenters. The van der Waals surface area contributed by atoms with E-state index in [9.17, 15) is 0 Å². The fourth-order valence-corrected chi connectivity index (χ4v) is 1.34. The van der Waals surface area contributed by atoms with E-state index in [-0.39, 0.29) is 6.54 Å². The number of halogens is 1. The van der Waals surface area contributed by atoms with Crippen molar-refractivity contribution in [3.63, 3.8) is 0 Å². The molecule has 2 heterocycles. The fourth-order valence-electron chi connectivity index (χ4n) is 1.15. The molecule has 2 rings (SSSR count). The molecule has 64 valence electrons. The number of nitrogens with zero attached hydrogens (tertiary/aromatic N) is 4. The van der Waals surface area contributed by atoms with Crippen LogP contribution < -0.4 is 0 Å². The van der Waals surface area contributed by atoms with Gasteiger partial charge >= 0.3 is 0 Å². The number of aromatic nitrogens is 3. The Hall–Kier alpha value is -1.60. The molecule has 0 spiro atoms. The maximum Gasteiger partial charge on any atom is 0.145 e. The Morgan fingerprint density at radius 2 is 2.38 bits per heavy atom. The van der Waals surface area contributed by atoms with Crippen LogP contribution in [0.2, 0.25) is 5.15 Å². The van der Waals surface area contributed by atoms with Crippen molar-refractivity contribution < 1.29 is 0 Å². The van der Waals surface area contributed by atoms with Crippen molar-refractivity contribution in [1.82, 2.24) is 14.5 Å². The zero-order chi connectivity index (χ0) is 9.26. The number of fused-ring (bicyclic) bond motifs is 1. The monoisotopic (exact) mass is 192 g/mol. The van der Waals surface area contributed by atoms with E-state index in [1.54, 1.807) is 16.8 Å². The maximum atomic E-state index is 8.53. The van der Waals surface area contributed by atoms with Gasteiger partial charge in [0.2, 0.25) is 0 Å². The number of hydrogen-bond donors (Lipinski definition) is 0. The molecule has 0 bridgehead atoms.